The van der Waals surface area contributed by atoms with E-state index in [0.717, 1.165) is 28.1 Å². The lowest BCUT2D eigenvalue weighted by Crippen LogP contribution is -2.22. The molecule has 4 heteroatoms. The molecule has 1 unspecified atom stereocenters. The van der Waals surface area contributed by atoms with E-state index in [1.54, 1.807) is 14.2 Å². The van der Waals surface area contributed by atoms with Crippen LogP contribution >= 0.6 is 15.9 Å². The Hall–Kier alpha value is -1.52. The number of ether oxygens (including phenoxy) is 2. The molecule has 0 aliphatic rings. The fraction of sp³-hybridized carbons (Fsp3) is 0.294. The van der Waals surface area contributed by atoms with E-state index < -0.39 is 0 Å². The molecule has 0 saturated carbocycles. The van der Waals surface area contributed by atoms with Crippen molar-refractivity contribution < 1.29 is 9.47 Å². The SMILES string of the molecule is CCNC(c1ccccc1)c1ccc(OC)c(Br)c1OC. The molecule has 0 amide bonds. The molecule has 21 heavy (non-hydrogen) atoms. The summed E-state index contributed by atoms with van der Waals surface area (Å²) < 4.78 is 11.8. The number of nitrogens with one attached hydrogen (secondary N) is 1. The smallest absolute Gasteiger partial charge is 0.141 e. The lowest BCUT2D eigenvalue weighted by atomic mass is 9.97. The summed E-state index contributed by atoms with van der Waals surface area (Å²) in [5.74, 6) is 1.56. The zero-order valence-electron chi connectivity index (χ0n) is 12.5. The largest absolute Gasteiger partial charge is 0.495 e. The Balaban J connectivity index is 2.53. The fourth-order valence-electron chi connectivity index (χ4n) is 2.40. The lowest BCUT2D eigenvalue weighted by Gasteiger charge is -2.22. The number of hydrogen-bond donors (Lipinski definition) is 1. The standard InChI is InChI=1S/C17H20BrNO2/c1-4-19-16(12-8-6-5-7-9-12)13-10-11-14(20-2)15(18)17(13)21-3/h5-11,16,19H,4H2,1-3H3. The molecule has 0 radical (unpaired) electrons. The second-order valence-electron chi connectivity index (χ2n) is 4.61. The van der Waals surface area contributed by atoms with E-state index >= 15 is 0 Å². The molecule has 112 valence electrons. The van der Waals surface area contributed by atoms with Gasteiger partial charge in [0.1, 0.15) is 16.0 Å². The Labute approximate surface area is 134 Å². The molecule has 0 heterocycles. The maximum Gasteiger partial charge on any atom is 0.141 e. The van der Waals surface area contributed by atoms with Crippen LogP contribution in [0.1, 0.15) is 24.1 Å². The normalized spacial score (nSPS) is 12.0. The number of methoxy groups -OCH3 is 2. The third-order valence-electron chi connectivity index (χ3n) is 3.37. The molecule has 0 spiro atoms. The minimum absolute atomic E-state index is 0.0772. The summed E-state index contributed by atoms with van der Waals surface area (Å²) in [4.78, 5) is 0. The monoisotopic (exact) mass is 349 g/mol. The van der Waals surface area contributed by atoms with Gasteiger partial charge in [-0.25, -0.2) is 0 Å². The van der Waals surface area contributed by atoms with E-state index in [0.29, 0.717) is 0 Å². The van der Waals surface area contributed by atoms with Crippen molar-refractivity contribution in [1.82, 2.24) is 5.32 Å². The van der Waals surface area contributed by atoms with Crippen LogP contribution in [0, 0.1) is 0 Å². The Morgan fingerprint density at radius 2 is 1.76 bits per heavy atom. The molecule has 0 saturated heterocycles. The summed E-state index contributed by atoms with van der Waals surface area (Å²) in [6.07, 6.45) is 0. The van der Waals surface area contributed by atoms with Gasteiger partial charge in [-0.05, 0) is 40.2 Å². The average Bonchev–Trinajstić information content (AvgIpc) is 2.53. The molecule has 1 atom stereocenters. The van der Waals surface area contributed by atoms with Crippen molar-refractivity contribution in [2.24, 2.45) is 0 Å². The van der Waals surface area contributed by atoms with Crippen molar-refractivity contribution in [3.8, 4) is 11.5 Å². The average molecular weight is 350 g/mol. The first-order valence-electron chi connectivity index (χ1n) is 6.91. The zero-order valence-corrected chi connectivity index (χ0v) is 14.1. The van der Waals surface area contributed by atoms with Gasteiger partial charge in [-0.3, -0.25) is 0 Å². The first-order valence-corrected chi connectivity index (χ1v) is 7.70. The first kappa shape index (κ1) is 15.9. The van der Waals surface area contributed by atoms with Crippen LogP contribution < -0.4 is 14.8 Å². The predicted octanol–water partition coefficient (Wildman–Crippen LogP) is 4.17. The third kappa shape index (κ3) is 3.39. The fourth-order valence-corrected chi connectivity index (χ4v) is 3.09. The molecule has 0 aromatic heterocycles. The van der Waals surface area contributed by atoms with E-state index in [1.165, 1.54) is 5.56 Å². The molecular formula is C17H20BrNO2. The summed E-state index contributed by atoms with van der Waals surface area (Å²) in [6, 6.07) is 14.4. The highest BCUT2D eigenvalue weighted by atomic mass is 79.9. The summed E-state index contributed by atoms with van der Waals surface area (Å²) in [5.41, 5.74) is 2.29. The van der Waals surface area contributed by atoms with Crippen LogP contribution in [0.15, 0.2) is 46.9 Å². The predicted molar refractivity (Wildman–Crippen MR) is 89.2 cm³/mol. The van der Waals surface area contributed by atoms with Gasteiger partial charge in [0.05, 0.1) is 20.3 Å². The van der Waals surface area contributed by atoms with Crippen LogP contribution in [0.3, 0.4) is 0 Å². The quantitative estimate of drug-likeness (QED) is 0.848. The van der Waals surface area contributed by atoms with E-state index in [-0.39, 0.29) is 6.04 Å². The summed E-state index contributed by atoms with van der Waals surface area (Å²) >= 11 is 3.57. The molecule has 2 rings (SSSR count). The van der Waals surface area contributed by atoms with Crippen molar-refractivity contribution in [3.63, 3.8) is 0 Å². The topological polar surface area (TPSA) is 30.5 Å². The van der Waals surface area contributed by atoms with Crippen molar-refractivity contribution in [3.05, 3.63) is 58.1 Å². The minimum atomic E-state index is 0.0772. The summed E-state index contributed by atoms with van der Waals surface area (Å²) in [6.45, 7) is 2.97. The minimum Gasteiger partial charge on any atom is -0.495 e. The lowest BCUT2D eigenvalue weighted by molar-refractivity contribution is 0.383. The molecular weight excluding hydrogens is 330 g/mol. The molecule has 1 N–H and O–H groups in total. The van der Waals surface area contributed by atoms with Gasteiger partial charge < -0.3 is 14.8 Å². The van der Waals surface area contributed by atoms with Gasteiger partial charge in [0, 0.05) is 5.56 Å². The first-order chi connectivity index (χ1) is 10.2. The van der Waals surface area contributed by atoms with Gasteiger partial charge in [-0.15, -0.1) is 0 Å². The molecule has 0 aliphatic heterocycles. The van der Waals surface area contributed by atoms with Gasteiger partial charge in [0.15, 0.2) is 0 Å². The number of benzene rings is 2. The zero-order chi connectivity index (χ0) is 15.2. The Bertz CT molecular complexity index is 587. The van der Waals surface area contributed by atoms with E-state index in [9.17, 15) is 0 Å². The highest BCUT2D eigenvalue weighted by Crippen LogP contribution is 2.41. The summed E-state index contributed by atoms with van der Waals surface area (Å²) in [5, 5.41) is 3.51. The van der Waals surface area contributed by atoms with Gasteiger partial charge in [0.25, 0.3) is 0 Å². The maximum atomic E-state index is 5.60. The molecule has 0 aliphatic carbocycles. The second-order valence-corrected chi connectivity index (χ2v) is 5.40. The van der Waals surface area contributed by atoms with Gasteiger partial charge >= 0.3 is 0 Å². The van der Waals surface area contributed by atoms with E-state index in [4.69, 9.17) is 9.47 Å². The van der Waals surface area contributed by atoms with Crippen molar-refractivity contribution >= 4 is 15.9 Å². The van der Waals surface area contributed by atoms with Crippen molar-refractivity contribution in [2.45, 2.75) is 13.0 Å². The molecule has 0 bridgehead atoms. The van der Waals surface area contributed by atoms with Crippen LogP contribution in [0.2, 0.25) is 0 Å². The van der Waals surface area contributed by atoms with Crippen LogP contribution in [-0.4, -0.2) is 20.8 Å². The van der Waals surface area contributed by atoms with Crippen molar-refractivity contribution in [2.75, 3.05) is 20.8 Å². The Morgan fingerprint density at radius 3 is 2.33 bits per heavy atom. The molecule has 3 nitrogen and oxygen atoms in total. The van der Waals surface area contributed by atoms with Crippen LogP contribution in [0.5, 0.6) is 11.5 Å². The third-order valence-corrected chi connectivity index (χ3v) is 4.12. The van der Waals surface area contributed by atoms with Gasteiger partial charge in [0.2, 0.25) is 0 Å². The van der Waals surface area contributed by atoms with E-state index in [2.05, 4.69) is 40.3 Å². The Kier molecular flexibility index (Phi) is 5.65. The number of rotatable bonds is 6. The van der Waals surface area contributed by atoms with Gasteiger partial charge in [-0.2, -0.15) is 0 Å². The summed E-state index contributed by atoms with van der Waals surface area (Å²) in [7, 11) is 3.33. The Morgan fingerprint density at radius 1 is 1.05 bits per heavy atom. The highest BCUT2D eigenvalue weighted by Gasteiger charge is 2.21. The molecule has 2 aromatic rings. The highest BCUT2D eigenvalue weighted by molar-refractivity contribution is 9.10. The molecule has 0 fully saturated rings. The van der Waals surface area contributed by atoms with Crippen LogP contribution in [-0.2, 0) is 0 Å². The maximum absolute atomic E-state index is 5.60. The van der Waals surface area contributed by atoms with Gasteiger partial charge in [-0.1, -0.05) is 37.3 Å². The van der Waals surface area contributed by atoms with E-state index in [1.807, 2.05) is 30.3 Å². The van der Waals surface area contributed by atoms with Crippen LogP contribution in [0.25, 0.3) is 0 Å². The second kappa shape index (κ2) is 7.48. The van der Waals surface area contributed by atoms with Crippen molar-refractivity contribution in [1.29, 1.82) is 0 Å². The number of halogens is 1. The van der Waals surface area contributed by atoms with Crippen LogP contribution in [0.4, 0.5) is 0 Å². The molecule has 2 aromatic carbocycles. The number of hydrogen-bond acceptors (Lipinski definition) is 3.